The van der Waals surface area contributed by atoms with E-state index in [1.165, 1.54) is 25.0 Å². The summed E-state index contributed by atoms with van der Waals surface area (Å²) in [5.41, 5.74) is 6.31. The third-order valence-electron chi connectivity index (χ3n) is 3.12. The van der Waals surface area contributed by atoms with Gasteiger partial charge in [-0.2, -0.15) is 0 Å². The molecule has 1 aromatic rings. The molecule has 1 saturated carbocycles. The van der Waals surface area contributed by atoms with Crippen LogP contribution in [-0.4, -0.2) is 23.3 Å². The third-order valence-corrected chi connectivity index (χ3v) is 3.47. The highest BCUT2D eigenvalue weighted by Gasteiger charge is 2.29. The first-order valence-electron chi connectivity index (χ1n) is 6.07. The van der Waals surface area contributed by atoms with Crippen LogP contribution in [0.3, 0.4) is 0 Å². The number of benzene rings is 1. The SMILES string of the molecule is N=C(N)CCN(Cc1ccc(F)cc1Cl)C1CC1. The number of nitrogens with zero attached hydrogens (tertiary/aromatic N) is 1. The highest BCUT2D eigenvalue weighted by molar-refractivity contribution is 6.31. The van der Waals surface area contributed by atoms with E-state index in [1.807, 2.05) is 0 Å². The monoisotopic (exact) mass is 269 g/mol. The summed E-state index contributed by atoms with van der Waals surface area (Å²) in [7, 11) is 0. The molecule has 0 bridgehead atoms. The first-order valence-corrected chi connectivity index (χ1v) is 6.45. The molecule has 5 heteroatoms. The predicted molar refractivity (Wildman–Crippen MR) is 71.4 cm³/mol. The second-order valence-electron chi connectivity index (χ2n) is 4.71. The summed E-state index contributed by atoms with van der Waals surface area (Å²) in [6, 6.07) is 5.05. The number of hydrogen-bond acceptors (Lipinski definition) is 2. The van der Waals surface area contributed by atoms with Crippen molar-refractivity contribution in [3.63, 3.8) is 0 Å². The highest BCUT2D eigenvalue weighted by Crippen LogP contribution is 2.30. The fourth-order valence-corrected chi connectivity index (χ4v) is 2.19. The largest absolute Gasteiger partial charge is 0.388 e. The molecule has 1 aliphatic carbocycles. The van der Waals surface area contributed by atoms with Crippen molar-refractivity contribution in [1.29, 1.82) is 5.41 Å². The van der Waals surface area contributed by atoms with Crippen molar-refractivity contribution in [2.24, 2.45) is 5.73 Å². The molecule has 0 unspecified atom stereocenters. The van der Waals surface area contributed by atoms with Gasteiger partial charge in [0.2, 0.25) is 0 Å². The van der Waals surface area contributed by atoms with Gasteiger partial charge in [-0.1, -0.05) is 17.7 Å². The zero-order chi connectivity index (χ0) is 13.1. The van der Waals surface area contributed by atoms with Crippen molar-refractivity contribution in [2.75, 3.05) is 6.54 Å². The van der Waals surface area contributed by atoms with Crippen LogP contribution in [0.15, 0.2) is 18.2 Å². The molecule has 18 heavy (non-hydrogen) atoms. The highest BCUT2D eigenvalue weighted by atomic mass is 35.5. The van der Waals surface area contributed by atoms with E-state index < -0.39 is 0 Å². The Hall–Kier alpha value is -1.13. The molecule has 1 aromatic carbocycles. The summed E-state index contributed by atoms with van der Waals surface area (Å²) >= 11 is 6.03. The molecule has 1 fully saturated rings. The maximum absolute atomic E-state index is 13.0. The number of nitrogens with one attached hydrogen (secondary N) is 1. The fourth-order valence-electron chi connectivity index (χ4n) is 1.96. The summed E-state index contributed by atoms with van der Waals surface area (Å²) in [5, 5.41) is 7.74. The van der Waals surface area contributed by atoms with Gasteiger partial charge in [-0.05, 0) is 30.5 Å². The van der Waals surface area contributed by atoms with Gasteiger partial charge in [0.15, 0.2) is 0 Å². The molecule has 0 aliphatic heterocycles. The average molecular weight is 270 g/mol. The van der Waals surface area contributed by atoms with E-state index in [2.05, 4.69) is 4.90 Å². The summed E-state index contributed by atoms with van der Waals surface area (Å²) in [6.07, 6.45) is 2.92. The Balaban J connectivity index is 2.01. The van der Waals surface area contributed by atoms with Crippen LogP contribution in [0.4, 0.5) is 4.39 Å². The van der Waals surface area contributed by atoms with Crippen LogP contribution < -0.4 is 5.73 Å². The van der Waals surface area contributed by atoms with Crippen LogP contribution in [0.1, 0.15) is 24.8 Å². The maximum Gasteiger partial charge on any atom is 0.124 e. The smallest absolute Gasteiger partial charge is 0.124 e. The molecule has 98 valence electrons. The van der Waals surface area contributed by atoms with Crippen LogP contribution in [0.5, 0.6) is 0 Å². The van der Waals surface area contributed by atoms with Crippen LogP contribution in [0.25, 0.3) is 0 Å². The number of halogens is 2. The van der Waals surface area contributed by atoms with E-state index in [4.69, 9.17) is 22.7 Å². The normalized spacial score (nSPS) is 15.1. The molecular weight excluding hydrogens is 253 g/mol. The quantitative estimate of drug-likeness (QED) is 0.616. The fraction of sp³-hybridized carbons (Fsp3) is 0.462. The first-order chi connectivity index (χ1) is 8.56. The van der Waals surface area contributed by atoms with E-state index in [9.17, 15) is 4.39 Å². The second kappa shape index (κ2) is 5.67. The minimum Gasteiger partial charge on any atom is -0.388 e. The summed E-state index contributed by atoms with van der Waals surface area (Å²) < 4.78 is 13.0. The topological polar surface area (TPSA) is 53.1 Å². The molecular formula is C13H17ClFN3. The molecule has 1 aliphatic rings. The summed E-state index contributed by atoms with van der Waals surface area (Å²) in [5.74, 6) is -0.115. The molecule has 2 rings (SSSR count). The number of hydrogen-bond donors (Lipinski definition) is 2. The minimum atomic E-state index is -0.314. The molecule has 3 N–H and O–H groups in total. The van der Waals surface area contributed by atoms with Gasteiger partial charge >= 0.3 is 0 Å². The van der Waals surface area contributed by atoms with Crippen LogP contribution >= 0.6 is 11.6 Å². The Morgan fingerprint density at radius 2 is 2.22 bits per heavy atom. The number of nitrogens with two attached hydrogens (primary N) is 1. The molecule has 3 nitrogen and oxygen atoms in total. The standard InChI is InChI=1S/C13H17ClFN3/c14-12-7-10(15)2-1-9(12)8-18(11-3-4-11)6-5-13(16)17/h1-2,7,11H,3-6,8H2,(H3,16,17). The molecule has 0 heterocycles. The van der Waals surface area contributed by atoms with Gasteiger partial charge in [0.05, 0.1) is 5.84 Å². The van der Waals surface area contributed by atoms with E-state index in [0.717, 1.165) is 12.1 Å². The predicted octanol–water partition coefficient (Wildman–Crippen LogP) is 2.77. The summed E-state index contributed by atoms with van der Waals surface area (Å²) in [4.78, 5) is 2.26. The lowest BCUT2D eigenvalue weighted by Gasteiger charge is -2.22. The lowest BCUT2D eigenvalue weighted by Crippen LogP contribution is -2.29. The molecule has 0 spiro atoms. The van der Waals surface area contributed by atoms with Crippen molar-refractivity contribution >= 4 is 17.4 Å². The first kappa shape index (κ1) is 13.3. The van der Waals surface area contributed by atoms with E-state index >= 15 is 0 Å². The van der Waals surface area contributed by atoms with Crippen LogP contribution in [0.2, 0.25) is 5.02 Å². The van der Waals surface area contributed by atoms with Gasteiger partial charge in [-0.25, -0.2) is 4.39 Å². The van der Waals surface area contributed by atoms with Gasteiger partial charge in [-0.3, -0.25) is 10.3 Å². The molecule has 0 radical (unpaired) electrons. The van der Waals surface area contributed by atoms with Crippen molar-refractivity contribution in [3.8, 4) is 0 Å². The Bertz CT molecular complexity index is 446. The average Bonchev–Trinajstić information content (AvgIpc) is 3.10. The molecule has 0 aromatic heterocycles. The zero-order valence-corrected chi connectivity index (χ0v) is 10.9. The maximum atomic E-state index is 13.0. The van der Waals surface area contributed by atoms with E-state index in [0.29, 0.717) is 24.0 Å². The molecule has 0 atom stereocenters. The van der Waals surface area contributed by atoms with E-state index in [1.54, 1.807) is 6.07 Å². The number of rotatable bonds is 6. The van der Waals surface area contributed by atoms with Crippen molar-refractivity contribution < 1.29 is 4.39 Å². The summed E-state index contributed by atoms with van der Waals surface area (Å²) in [6.45, 7) is 1.45. The van der Waals surface area contributed by atoms with Crippen molar-refractivity contribution in [2.45, 2.75) is 31.8 Å². The minimum absolute atomic E-state index is 0.200. The Kier molecular flexibility index (Phi) is 4.19. The number of amidine groups is 1. The Morgan fingerprint density at radius 3 is 2.78 bits per heavy atom. The van der Waals surface area contributed by atoms with Gasteiger partial charge < -0.3 is 5.73 Å². The Labute approximate surface area is 111 Å². The second-order valence-corrected chi connectivity index (χ2v) is 5.12. The Morgan fingerprint density at radius 1 is 1.50 bits per heavy atom. The van der Waals surface area contributed by atoms with Gasteiger partial charge in [-0.15, -0.1) is 0 Å². The van der Waals surface area contributed by atoms with Crippen molar-refractivity contribution in [1.82, 2.24) is 4.90 Å². The lowest BCUT2D eigenvalue weighted by atomic mass is 10.2. The third kappa shape index (κ3) is 3.68. The van der Waals surface area contributed by atoms with Gasteiger partial charge in [0.25, 0.3) is 0 Å². The zero-order valence-electron chi connectivity index (χ0n) is 10.1. The van der Waals surface area contributed by atoms with Gasteiger partial charge in [0, 0.05) is 30.6 Å². The van der Waals surface area contributed by atoms with Crippen molar-refractivity contribution in [3.05, 3.63) is 34.6 Å². The van der Waals surface area contributed by atoms with Crippen LogP contribution in [-0.2, 0) is 6.54 Å². The van der Waals surface area contributed by atoms with Gasteiger partial charge in [0.1, 0.15) is 5.82 Å². The molecule has 0 saturated heterocycles. The molecule has 0 amide bonds. The van der Waals surface area contributed by atoms with Crippen LogP contribution in [0, 0.1) is 11.2 Å². The lowest BCUT2D eigenvalue weighted by molar-refractivity contribution is 0.262. The van der Waals surface area contributed by atoms with E-state index in [-0.39, 0.29) is 11.7 Å².